The maximum absolute atomic E-state index is 10.4. The molecule has 1 aliphatic heterocycles. The molecule has 0 bridgehead atoms. The molecule has 1 aliphatic rings. The van der Waals surface area contributed by atoms with Gasteiger partial charge < -0.3 is 5.11 Å². The maximum atomic E-state index is 10.4. The summed E-state index contributed by atoms with van der Waals surface area (Å²) in [4.78, 5) is 14.5. The molecule has 3 heterocycles. The number of aromatic nitrogens is 2. The fraction of sp³-hybridized carbons (Fsp3) is 0.0556. The summed E-state index contributed by atoms with van der Waals surface area (Å²) in [5.74, 6) is 0.793. The Morgan fingerprint density at radius 2 is 2.00 bits per heavy atom. The molecule has 3 aromatic rings. The number of thiazole rings is 1. The molecule has 0 saturated heterocycles. The molecule has 0 spiro atoms. The van der Waals surface area contributed by atoms with Crippen LogP contribution in [0.5, 0.6) is 5.88 Å². The Morgan fingerprint density at radius 1 is 1.17 bits per heavy atom. The normalized spacial score (nSPS) is 15.2. The third-order valence-corrected chi connectivity index (χ3v) is 4.80. The van der Waals surface area contributed by atoms with Crippen LogP contribution in [-0.4, -0.2) is 20.9 Å². The van der Waals surface area contributed by atoms with E-state index in [2.05, 4.69) is 15.0 Å². The van der Waals surface area contributed by atoms with Crippen LogP contribution in [0.3, 0.4) is 0 Å². The Bertz CT molecular complexity index is 1030. The maximum Gasteiger partial charge on any atom is 0.210 e. The molecule has 2 aromatic heterocycles. The van der Waals surface area contributed by atoms with E-state index in [9.17, 15) is 5.11 Å². The van der Waals surface area contributed by atoms with Gasteiger partial charge in [-0.2, -0.15) is 0 Å². The lowest BCUT2D eigenvalue weighted by molar-refractivity contribution is 0.427. The highest BCUT2D eigenvalue weighted by atomic mass is 32.1. The van der Waals surface area contributed by atoms with Gasteiger partial charge in [0.2, 0.25) is 5.88 Å². The Balaban J connectivity index is 1.79. The molecule has 4 rings (SSSR count). The second-order valence-corrected chi connectivity index (χ2v) is 6.32. The van der Waals surface area contributed by atoms with Crippen LogP contribution in [0.4, 0.5) is 11.5 Å². The average Bonchev–Trinajstić information content (AvgIpc) is 3.13. The molecule has 1 aromatic carbocycles. The second-order valence-electron chi connectivity index (χ2n) is 5.31. The van der Waals surface area contributed by atoms with Crippen molar-refractivity contribution in [3.63, 3.8) is 0 Å². The molecule has 0 unspecified atom stereocenters. The highest BCUT2D eigenvalue weighted by Gasteiger charge is 2.14. The Morgan fingerprint density at radius 3 is 2.83 bits per heavy atom. The first kappa shape index (κ1) is 14.6. The van der Waals surface area contributed by atoms with Gasteiger partial charge in [0.05, 0.1) is 10.6 Å². The molecule has 0 amide bonds. The summed E-state index contributed by atoms with van der Waals surface area (Å²) in [6.07, 6.45) is 5.45. The zero-order valence-electron chi connectivity index (χ0n) is 12.9. The minimum Gasteiger partial charge on any atom is -0.493 e. The van der Waals surface area contributed by atoms with Crippen molar-refractivity contribution in [2.24, 2.45) is 17.0 Å². The smallest absolute Gasteiger partial charge is 0.210 e. The van der Waals surface area contributed by atoms with Crippen molar-refractivity contribution in [2.45, 2.75) is 0 Å². The second kappa shape index (κ2) is 5.90. The van der Waals surface area contributed by atoms with E-state index in [0.29, 0.717) is 10.6 Å². The Kier molecular flexibility index (Phi) is 3.59. The van der Waals surface area contributed by atoms with Crippen molar-refractivity contribution < 1.29 is 5.11 Å². The number of pyridine rings is 1. The van der Waals surface area contributed by atoms with E-state index in [1.165, 1.54) is 11.3 Å². The van der Waals surface area contributed by atoms with Crippen LogP contribution in [-0.2, 0) is 7.05 Å². The number of aliphatic imine (C=N–C) groups is 1. The van der Waals surface area contributed by atoms with Gasteiger partial charge in [0.15, 0.2) is 10.6 Å². The first-order valence-corrected chi connectivity index (χ1v) is 8.24. The molecular weight excluding hydrogens is 320 g/mol. The molecule has 6 heteroatoms. The number of fused-ring (bicyclic) bond motifs is 1. The Hall–Kier alpha value is -2.99. The van der Waals surface area contributed by atoms with E-state index in [-0.39, 0.29) is 5.88 Å². The topological polar surface area (TPSA) is 62.8 Å². The van der Waals surface area contributed by atoms with Crippen molar-refractivity contribution in [1.82, 2.24) is 9.55 Å². The van der Waals surface area contributed by atoms with Gasteiger partial charge in [0.1, 0.15) is 0 Å². The molecule has 0 fully saturated rings. The van der Waals surface area contributed by atoms with Crippen LogP contribution in [0.1, 0.15) is 10.4 Å². The minimum atomic E-state index is 0.181. The van der Waals surface area contributed by atoms with E-state index >= 15 is 0 Å². The van der Waals surface area contributed by atoms with Crippen LogP contribution >= 0.6 is 11.3 Å². The van der Waals surface area contributed by atoms with Crippen molar-refractivity contribution in [3.05, 3.63) is 63.9 Å². The first-order chi connectivity index (χ1) is 11.7. The van der Waals surface area contributed by atoms with Gasteiger partial charge in [-0.25, -0.2) is 9.98 Å². The largest absolute Gasteiger partial charge is 0.493 e. The van der Waals surface area contributed by atoms with E-state index in [4.69, 9.17) is 0 Å². The van der Waals surface area contributed by atoms with Crippen LogP contribution in [0.15, 0.2) is 58.6 Å². The van der Waals surface area contributed by atoms with Crippen molar-refractivity contribution >= 4 is 40.7 Å². The summed E-state index contributed by atoms with van der Waals surface area (Å²) in [6, 6.07) is 13.5. The lowest BCUT2D eigenvalue weighted by Gasteiger charge is -1.98. The predicted molar refractivity (Wildman–Crippen MR) is 96.9 cm³/mol. The third-order valence-electron chi connectivity index (χ3n) is 3.73. The van der Waals surface area contributed by atoms with Crippen LogP contribution in [0.2, 0.25) is 0 Å². The Labute approximate surface area is 142 Å². The zero-order valence-corrected chi connectivity index (χ0v) is 13.7. The van der Waals surface area contributed by atoms with Gasteiger partial charge >= 0.3 is 0 Å². The molecular formula is C18H14N4OS. The number of para-hydroxylation sites is 1. The third kappa shape index (κ3) is 2.57. The number of benzene rings is 1. The number of aromatic hydroxyl groups is 1. The molecule has 0 atom stereocenters. The first-order valence-electron chi connectivity index (χ1n) is 7.42. The monoisotopic (exact) mass is 334 g/mol. The highest BCUT2D eigenvalue weighted by molar-refractivity contribution is 7.10. The van der Waals surface area contributed by atoms with E-state index in [0.717, 1.165) is 21.7 Å². The molecule has 0 radical (unpaired) electrons. The summed E-state index contributed by atoms with van der Waals surface area (Å²) in [5, 5.41) is 10.4. The van der Waals surface area contributed by atoms with Gasteiger partial charge in [-0.15, -0.1) is 0 Å². The molecule has 118 valence electrons. The predicted octanol–water partition coefficient (Wildman–Crippen LogP) is 3.68. The summed E-state index contributed by atoms with van der Waals surface area (Å²) < 4.78 is 1.66. The molecule has 0 saturated carbocycles. The molecule has 24 heavy (non-hydrogen) atoms. The number of nitrogens with zero attached hydrogens (tertiary/aromatic N) is 4. The lowest BCUT2D eigenvalue weighted by atomic mass is 10.1. The average molecular weight is 334 g/mol. The quantitative estimate of drug-likeness (QED) is 0.777. The van der Waals surface area contributed by atoms with Crippen LogP contribution < -0.4 is 4.80 Å². The number of hydrogen-bond donors (Lipinski definition) is 1. The van der Waals surface area contributed by atoms with Crippen molar-refractivity contribution in [3.8, 4) is 5.88 Å². The number of allylic oxidation sites excluding steroid dienone is 1. The summed E-state index contributed by atoms with van der Waals surface area (Å²) >= 11 is 1.41. The number of hydrogen-bond acceptors (Lipinski definition) is 5. The van der Waals surface area contributed by atoms with Crippen LogP contribution in [0.25, 0.3) is 11.6 Å². The number of rotatable bonds is 2. The van der Waals surface area contributed by atoms with Gasteiger partial charge in [0.25, 0.3) is 0 Å². The molecule has 0 aliphatic carbocycles. The molecule has 1 N–H and O–H groups in total. The van der Waals surface area contributed by atoms with Crippen molar-refractivity contribution in [2.75, 3.05) is 0 Å². The SMILES string of the molecule is Cn1c(O)c(/C=C2\C=Nc3ccccc32)s/c1=N/c1ccccn1. The minimum absolute atomic E-state index is 0.181. The van der Waals surface area contributed by atoms with Gasteiger partial charge in [-0.3, -0.25) is 9.56 Å². The fourth-order valence-electron chi connectivity index (χ4n) is 2.47. The van der Waals surface area contributed by atoms with Gasteiger partial charge in [0, 0.05) is 30.6 Å². The standard InChI is InChI=1S/C18H14N4OS/c1-22-17(23)15(24-18(22)21-16-8-4-5-9-19-16)10-12-11-20-14-7-3-2-6-13(12)14/h2-11,23H,1H3/b12-10+,21-18+. The lowest BCUT2D eigenvalue weighted by Crippen LogP contribution is -2.08. The van der Waals surface area contributed by atoms with Gasteiger partial charge in [-0.1, -0.05) is 35.6 Å². The van der Waals surface area contributed by atoms with E-state index in [1.54, 1.807) is 17.8 Å². The fourth-order valence-corrected chi connectivity index (χ4v) is 3.45. The van der Waals surface area contributed by atoms with E-state index in [1.807, 2.05) is 54.8 Å². The summed E-state index contributed by atoms with van der Waals surface area (Å²) in [5.41, 5.74) is 2.99. The highest BCUT2D eigenvalue weighted by Crippen LogP contribution is 2.34. The molecule has 5 nitrogen and oxygen atoms in total. The van der Waals surface area contributed by atoms with Gasteiger partial charge in [-0.05, 0) is 24.3 Å². The van der Waals surface area contributed by atoms with Crippen LogP contribution in [0, 0.1) is 0 Å². The summed E-state index contributed by atoms with van der Waals surface area (Å²) in [6.45, 7) is 0. The zero-order chi connectivity index (χ0) is 16.5. The van der Waals surface area contributed by atoms with E-state index < -0.39 is 0 Å². The summed E-state index contributed by atoms with van der Waals surface area (Å²) in [7, 11) is 1.78. The van der Waals surface area contributed by atoms with Crippen molar-refractivity contribution in [1.29, 1.82) is 0 Å².